The van der Waals surface area contributed by atoms with Gasteiger partial charge in [-0.25, -0.2) is 15.0 Å². The molecule has 1 aliphatic rings. The Morgan fingerprint density at radius 1 is 1.11 bits per heavy atom. The van der Waals surface area contributed by atoms with Crippen molar-refractivity contribution >= 4 is 34.3 Å². The molecule has 0 spiro atoms. The molecular formula is C24H27N9O2. The Morgan fingerprint density at radius 3 is 2.60 bits per heavy atom. The molecule has 4 aromatic rings. The van der Waals surface area contributed by atoms with E-state index in [1.54, 1.807) is 25.8 Å². The van der Waals surface area contributed by atoms with Crippen LogP contribution in [0.25, 0.3) is 22.3 Å². The zero-order valence-electron chi connectivity index (χ0n) is 19.7. The lowest BCUT2D eigenvalue weighted by molar-refractivity contribution is 0.0342. The Labute approximate surface area is 202 Å². The normalized spacial score (nSPS) is 14.2. The van der Waals surface area contributed by atoms with Gasteiger partial charge in [0.25, 0.3) is 5.91 Å². The third-order valence-electron chi connectivity index (χ3n) is 5.99. The van der Waals surface area contributed by atoms with Crippen molar-refractivity contribution in [2.24, 2.45) is 12.8 Å². The van der Waals surface area contributed by atoms with Crippen LogP contribution in [0.5, 0.6) is 0 Å². The van der Waals surface area contributed by atoms with E-state index in [-0.39, 0.29) is 11.5 Å². The smallest absolute Gasteiger partial charge is 0.271 e. The predicted molar refractivity (Wildman–Crippen MR) is 133 cm³/mol. The second kappa shape index (κ2) is 9.65. The van der Waals surface area contributed by atoms with Gasteiger partial charge in [-0.15, -0.1) is 0 Å². The maximum Gasteiger partial charge on any atom is 0.271 e. The third kappa shape index (κ3) is 4.63. The molecular weight excluding hydrogens is 446 g/mol. The number of carbonyl (C=O) groups is 1. The lowest BCUT2D eigenvalue weighted by atomic mass is 10.1. The van der Waals surface area contributed by atoms with Gasteiger partial charge in [0.05, 0.1) is 36.8 Å². The van der Waals surface area contributed by atoms with Gasteiger partial charge in [-0.05, 0) is 17.7 Å². The van der Waals surface area contributed by atoms with Crippen LogP contribution in [0.1, 0.15) is 16.1 Å². The number of benzene rings is 1. The number of amides is 1. The number of carbonyl (C=O) groups excluding carboxylic acids is 1. The largest absolute Gasteiger partial charge is 0.379 e. The molecule has 11 heteroatoms. The summed E-state index contributed by atoms with van der Waals surface area (Å²) in [6.45, 7) is 4.25. The lowest BCUT2D eigenvalue weighted by Crippen LogP contribution is -2.35. The molecule has 1 amide bonds. The minimum atomic E-state index is -0.686. The first-order chi connectivity index (χ1) is 17.0. The van der Waals surface area contributed by atoms with Gasteiger partial charge in [0.1, 0.15) is 11.2 Å². The summed E-state index contributed by atoms with van der Waals surface area (Å²) in [7, 11) is 3.63. The van der Waals surface area contributed by atoms with Crippen LogP contribution >= 0.6 is 0 Å². The van der Waals surface area contributed by atoms with Crippen LogP contribution in [-0.4, -0.2) is 68.7 Å². The van der Waals surface area contributed by atoms with E-state index in [9.17, 15) is 4.79 Å². The molecule has 0 unspecified atom stereocenters. The molecule has 0 aliphatic carbocycles. The Hall–Kier alpha value is -4.09. The number of fused-ring (bicyclic) bond motifs is 1. The van der Waals surface area contributed by atoms with Gasteiger partial charge >= 0.3 is 0 Å². The first-order valence-corrected chi connectivity index (χ1v) is 11.3. The first-order valence-electron chi connectivity index (χ1n) is 11.3. The summed E-state index contributed by atoms with van der Waals surface area (Å²) in [5.74, 6) is 0.0584. The van der Waals surface area contributed by atoms with E-state index in [4.69, 9.17) is 10.5 Å². The van der Waals surface area contributed by atoms with Crippen molar-refractivity contribution in [1.29, 1.82) is 0 Å². The Balaban J connectivity index is 1.46. The van der Waals surface area contributed by atoms with Gasteiger partial charge in [-0.2, -0.15) is 0 Å². The van der Waals surface area contributed by atoms with Gasteiger partial charge in [0.15, 0.2) is 17.3 Å². The maximum atomic E-state index is 12.3. The molecule has 180 valence electrons. The zero-order valence-corrected chi connectivity index (χ0v) is 19.7. The van der Waals surface area contributed by atoms with E-state index in [0.29, 0.717) is 22.6 Å². The summed E-state index contributed by atoms with van der Waals surface area (Å²) in [6, 6.07) is 8.01. The number of nitrogens with two attached hydrogens (primary N) is 1. The summed E-state index contributed by atoms with van der Waals surface area (Å²) in [4.78, 5) is 32.7. The van der Waals surface area contributed by atoms with Crippen molar-refractivity contribution in [3.05, 3.63) is 54.2 Å². The van der Waals surface area contributed by atoms with Crippen molar-refractivity contribution in [3.63, 3.8) is 0 Å². The van der Waals surface area contributed by atoms with Crippen molar-refractivity contribution in [2.75, 3.05) is 44.0 Å². The molecule has 0 bridgehead atoms. The average molecular weight is 474 g/mol. The van der Waals surface area contributed by atoms with Crippen molar-refractivity contribution in [1.82, 2.24) is 29.4 Å². The molecule has 35 heavy (non-hydrogen) atoms. The van der Waals surface area contributed by atoms with Gasteiger partial charge in [0, 0.05) is 45.6 Å². The highest BCUT2D eigenvalue weighted by Crippen LogP contribution is 2.32. The van der Waals surface area contributed by atoms with Crippen LogP contribution in [0.3, 0.4) is 0 Å². The molecule has 4 N–H and O–H groups in total. The molecule has 1 aliphatic heterocycles. The number of pyridine rings is 1. The molecule has 0 radical (unpaired) electrons. The number of hydrogen-bond acceptors (Lipinski definition) is 9. The summed E-state index contributed by atoms with van der Waals surface area (Å²) in [6.07, 6.45) is 5.09. The van der Waals surface area contributed by atoms with Gasteiger partial charge in [0.2, 0.25) is 0 Å². The molecule has 1 saturated heterocycles. The highest BCUT2D eigenvalue weighted by atomic mass is 16.5. The first kappa shape index (κ1) is 22.7. The number of rotatable bonds is 7. The average Bonchev–Trinajstić information content (AvgIpc) is 3.26. The fraction of sp³-hybridized carbons (Fsp3) is 0.292. The lowest BCUT2D eigenvalue weighted by Gasteiger charge is -2.26. The summed E-state index contributed by atoms with van der Waals surface area (Å²) >= 11 is 0. The fourth-order valence-corrected chi connectivity index (χ4v) is 4.12. The van der Waals surface area contributed by atoms with E-state index in [1.165, 1.54) is 5.56 Å². The highest BCUT2D eigenvalue weighted by Gasteiger charge is 2.21. The molecule has 4 heterocycles. The zero-order chi connectivity index (χ0) is 24.4. The summed E-state index contributed by atoms with van der Waals surface area (Å²) in [5, 5.41) is 6.26. The number of primary amides is 1. The molecule has 11 nitrogen and oxygen atoms in total. The molecule has 1 aromatic carbocycles. The van der Waals surface area contributed by atoms with Gasteiger partial charge in [-0.3, -0.25) is 14.7 Å². The van der Waals surface area contributed by atoms with Gasteiger partial charge < -0.3 is 25.7 Å². The topological polar surface area (TPSA) is 136 Å². The highest BCUT2D eigenvalue weighted by molar-refractivity contribution is 5.99. The number of hydrogen-bond donors (Lipinski definition) is 3. The number of imidazole rings is 1. The van der Waals surface area contributed by atoms with E-state index >= 15 is 0 Å². The second-order valence-corrected chi connectivity index (χ2v) is 8.35. The fourth-order valence-electron chi connectivity index (χ4n) is 4.12. The number of aryl methyl sites for hydroxylation is 1. The standard InChI is InChI=1S/C24H27N9O2/c1-26-23-20(17-11-27-12-18-19(17)28-14-32(18)2)30-21(22(25)34)24(31-23)29-16-5-3-15(4-6-16)13-33-7-9-35-10-8-33/h3-6,11-12,14H,7-10,13H2,1-2H3,(H2,25,34)(H2,26,29,31). The summed E-state index contributed by atoms with van der Waals surface area (Å²) < 4.78 is 7.28. The Bertz CT molecular complexity index is 1360. The van der Waals surface area contributed by atoms with Gasteiger partial charge in [-0.1, -0.05) is 12.1 Å². The predicted octanol–water partition coefficient (Wildman–Crippen LogP) is 2.14. The SMILES string of the molecule is CNc1nc(Nc2ccc(CN3CCOCC3)cc2)c(C(N)=O)nc1-c1cncc2c1ncn2C. The number of anilines is 3. The van der Waals surface area contributed by atoms with Crippen LogP contribution in [0.2, 0.25) is 0 Å². The van der Waals surface area contributed by atoms with E-state index < -0.39 is 5.91 Å². The van der Waals surface area contributed by atoms with Crippen LogP contribution in [0.15, 0.2) is 43.0 Å². The van der Waals surface area contributed by atoms with E-state index in [2.05, 4.69) is 47.6 Å². The van der Waals surface area contributed by atoms with Crippen molar-refractivity contribution in [2.45, 2.75) is 6.54 Å². The Kier molecular flexibility index (Phi) is 6.25. The monoisotopic (exact) mass is 473 g/mol. The number of nitrogens with zero attached hydrogens (tertiary/aromatic N) is 6. The van der Waals surface area contributed by atoms with Crippen molar-refractivity contribution < 1.29 is 9.53 Å². The number of aromatic nitrogens is 5. The van der Waals surface area contributed by atoms with Crippen LogP contribution in [0.4, 0.5) is 17.3 Å². The number of morpholine rings is 1. The molecule has 1 fully saturated rings. The second-order valence-electron chi connectivity index (χ2n) is 8.35. The molecule has 0 atom stereocenters. The number of nitrogens with one attached hydrogen (secondary N) is 2. The maximum absolute atomic E-state index is 12.3. The minimum absolute atomic E-state index is 0.0318. The van der Waals surface area contributed by atoms with Crippen LogP contribution < -0.4 is 16.4 Å². The molecule has 3 aromatic heterocycles. The van der Waals surface area contributed by atoms with E-state index in [0.717, 1.165) is 44.1 Å². The van der Waals surface area contributed by atoms with Crippen LogP contribution in [-0.2, 0) is 18.3 Å². The van der Waals surface area contributed by atoms with E-state index in [1.807, 2.05) is 23.7 Å². The third-order valence-corrected chi connectivity index (χ3v) is 5.99. The van der Waals surface area contributed by atoms with Crippen LogP contribution in [0, 0.1) is 0 Å². The quantitative estimate of drug-likeness (QED) is 0.369. The molecule has 0 saturated carbocycles. The minimum Gasteiger partial charge on any atom is -0.379 e. The Morgan fingerprint density at radius 2 is 1.89 bits per heavy atom. The molecule has 5 rings (SSSR count). The van der Waals surface area contributed by atoms with Crippen molar-refractivity contribution in [3.8, 4) is 11.3 Å². The summed E-state index contributed by atoms with van der Waals surface area (Å²) in [5.41, 5.74) is 10.4. The number of ether oxygens (including phenoxy) is 1.